The number of rotatable bonds is 6. The Hall–Kier alpha value is -0.960. The van der Waals surface area contributed by atoms with Crippen molar-refractivity contribution in [1.82, 2.24) is 10.2 Å². The normalized spacial score (nSPS) is 20.1. The third kappa shape index (κ3) is 6.69. The average Bonchev–Trinajstić information content (AvgIpc) is 3.00. The molecule has 5 nitrogen and oxygen atoms in total. The van der Waals surface area contributed by atoms with Gasteiger partial charge in [-0.15, -0.1) is 35.7 Å². The standard InChI is InChI=1S/C18H27N3O2S.HI/c1-14-12-21(13-16(14)17(22)23-3)18(19-2)20-10-7-11-24-15-8-5-4-6-9-15;/h4-6,8-9,14,16H,7,10-13H2,1-3H3,(H,19,20);1H. The second-order valence-electron chi connectivity index (χ2n) is 6.00. The van der Waals surface area contributed by atoms with E-state index in [0.29, 0.717) is 6.54 Å². The number of ether oxygens (including phenoxy) is 1. The molecule has 140 valence electrons. The number of halogens is 1. The number of thioether (sulfide) groups is 1. The number of likely N-dealkylation sites (tertiary alicyclic amines) is 1. The Kier molecular flexibility index (Phi) is 10.3. The van der Waals surface area contributed by atoms with E-state index in [1.165, 1.54) is 12.0 Å². The van der Waals surface area contributed by atoms with Crippen LogP contribution in [0.15, 0.2) is 40.2 Å². The van der Waals surface area contributed by atoms with E-state index in [1.807, 2.05) is 17.8 Å². The molecule has 1 N–H and O–H groups in total. The van der Waals surface area contributed by atoms with Gasteiger partial charge in [-0.25, -0.2) is 0 Å². The van der Waals surface area contributed by atoms with Crippen LogP contribution in [0.3, 0.4) is 0 Å². The SMILES string of the molecule is CN=C(NCCCSc1ccccc1)N1CC(C)C(C(=O)OC)C1.I. The molecule has 0 aliphatic carbocycles. The Labute approximate surface area is 172 Å². The number of carbonyl (C=O) groups excluding carboxylic acids is 1. The predicted octanol–water partition coefficient (Wildman–Crippen LogP) is 3.10. The fourth-order valence-electron chi connectivity index (χ4n) is 2.91. The Bertz CT molecular complexity index is 557. The van der Waals surface area contributed by atoms with E-state index < -0.39 is 0 Å². The van der Waals surface area contributed by atoms with Crippen LogP contribution in [0, 0.1) is 11.8 Å². The minimum atomic E-state index is -0.125. The van der Waals surface area contributed by atoms with E-state index in [1.54, 1.807) is 7.05 Å². The lowest BCUT2D eigenvalue weighted by atomic mass is 9.99. The van der Waals surface area contributed by atoms with Crippen molar-refractivity contribution in [2.45, 2.75) is 18.2 Å². The van der Waals surface area contributed by atoms with Crippen LogP contribution in [0.2, 0.25) is 0 Å². The van der Waals surface area contributed by atoms with Crippen molar-refractivity contribution in [3.8, 4) is 0 Å². The first-order valence-electron chi connectivity index (χ1n) is 8.37. The molecule has 2 atom stereocenters. The molecule has 0 saturated carbocycles. The highest BCUT2D eigenvalue weighted by Crippen LogP contribution is 2.24. The first-order valence-corrected chi connectivity index (χ1v) is 9.35. The van der Waals surface area contributed by atoms with Gasteiger partial charge in [0.2, 0.25) is 0 Å². The summed E-state index contributed by atoms with van der Waals surface area (Å²) in [6.07, 6.45) is 1.06. The number of nitrogens with one attached hydrogen (secondary N) is 1. The number of guanidine groups is 1. The predicted molar refractivity (Wildman–Crippen MR) is 115 cm³/mol. The summed E-state index contributed by atoms with van der Waals surface area (Å²) in [5.41, 5.74) is 0. The van der Waals surface area contributed by atoms with Gasteiger partial charge in [0, 0.05) is 31.6 Å². The molecule has 0 bridgehead atoms. The van der Waals surface area contributed by atoms with Crippen LogP contribution in [-0.2, 0) is 9.53 Å². The summed E-state index contributed by atoms with van der Waals surface area (Å²) in [6.45, 7) is 4.47. The largest absolute Gasteiger partial charge is 0.469 e. The van der Waals surface area contributed by atoms with Crippen molar-refractivity contribution in [1.29, 1.82) is 0 Å². The smallest absolute Gasteiger partial charge is 0.310 e. The molecule has 7 heteroatoms. The third-order valence-corrected chi connectivity index (χ3v) is 5.34. The van der Waals surface area contributed by atoms with Crippen LogP contribution in [-0.4, -0.2) is 56.4 Å². The monoisotopic (exact) mass is 477 g/mol. The van der Waals surface area contributed by atoms with Crippen LogP contribution in [0.1, 0.15) is 13.3 Å². The highest BCUT2D eigenvalue weighted by molar-refractivity contribution is 14.0. The number of carbonyl (C=O) groups is 1. The van der Waals surface area contributed by atoms with Crippen LogP contribution in [0.4, 0.5) is 0 Å². The van der Waals surface area contributed by atoms with Crippen molar-refractivity contribution in [3.05, 3.63) is 30.3 Å². The van der Waals surface area contributed by atoms with Crippen LogP contribution in [0.25, 0.3) is 0 Å². The zero-order valence-corrected chi connectivity index (χ0v) is 18.3. The molecule has 25 heavy (non-hydrogen) atoms. The van der Waals surface area contributed by atoms with E-state index in [9.17, 15) is 4.79 Å². The van der Waals surface area contributed by atoms with Crippen molar-refractivity contribution in [3.63, 3.8) is 0 Å². The third-order valence-electron chi connectivity index (χ3n) is 4.24. The van der Waals surface area contributed by atoms with E-state index in [-0.39, 0.29) is 41.8 Å². The number of methoxy groups -OCH3 is 1. The fraction of sp³-hybridized carbons (Fsp3) is 0.556. The molecule has 0 radical (unpaired) electrons. The summed E-state index contributed by atoms with van der Waals surface area (Å²) < 4.78 is 4.89. The summed E-state index contributed by atoms with van der Waals surface area (Å²) in [7, 11) is 3.24. The van der Waals surface area contributed by atoms with Gasteiger partial charge in [-0.2, -0.15) is 0 Å². The lowest BCUT2D eigenvalue weighted by Gasteiger charge is -2.21. The van der Waals surface area contributed by atoms with Crippen LogP contribution in [0.5, 0.6) is 0 Å². The minimum Gasteiger partial charge on any atom is -0.469 e. The molecule has 0 aromatic heterocycles. The number of nitrogens with zero attached hydrogens (tertiary/aromatic N) is 2. The van der Waals surface area contributed by atoms with Gasteiger partial charge in [0.05, 0.1) is 13.0 Å². The zero-order chi connectivity index (χ0) is 17.4. The first kappa shape index (κ1) is 22.1. The molecular formula is C18H28IN3O2S. The van der Waals surface area contributed by atoms with Gasteiger partial charge < -0.3 is 15.0 Å². The van der Waals surface area contributed by atoms with E-state index in [0.717, 1.165) is 31.2 Å². The number of hydrogen-bond acceptors (Lipinski definition) is 4. The quantitative estimate of drug-likeness (QED) is 0.171. The maximum absolute atomic E-state index is 11.8. The highest BCUT2D eigenvalue weighted by Gasteiger charge is 2.36. The molecule has 1 saturated heterocycles. The highest BCUT2D eigenvalue weighted by atomic mass is 127. The number of aliphatic imine (C=N–C) groups is 1. The van der Waals surface area contributed by atoms with Crippen molar-refractivity contribution in [2.75, 3.05) is 39.5 Å². The number of hydrogen-bond donors (Lipinski definition) is 1. The van der Waals surface area contributed by atoms with Crippen molar-refractivity contribution >= 4 is 47.7 Å². The molecule has 1 fully saturated rings. The summed E-state index contributed by atoms with van der Waals surface area (Å²) in [4.78, 5) is 19.6. The van der Waals surface area contributed by atoms with Crippen molar-refractivity contribution in [2.24, 2.45) is 16.8 Å². The second-order valence-corrected chi connectivity index (χ2v) is 7.17. The lowest BCUT2D eigenvalue weighted by molar-refractivity contribution is -0.145. The molecule has 1 aliphatic rings. The van der Waals surface area contributed by atoms with Crippen LogP contribution < -0.4 is 5.32 Å². The maximum Gasteiger partial charge on any atom is 0.310 e. The van der Waals surface area contributed by atoms with Gasteiger partial charge in [-0.1, -0.05) is 25.1 Å². The van der Waals surface area contributed by atoms with E-state index >= 15 is 0 Å². The van der Waals surface area contributed by atoms with Crippen LogP contribution >= 0.6 is 35.7 Å². The molecular weight excluding hydrogens is 449 g/mol. The molecule has 0 amide bonds. The summed E-state index contributed by atoms with van der Waals surface area (Å²) in [6, 6.07) is 10.4. The summed E-state index contributed by atoms with van der Waals surface area (Å²) >= 11 is 1.86. The fourth-order valence-corrected chi connectivity index (χ4v) is 3.78. The molecule has 0 spiro atoms. The molecule has 1 aliphatic heterocycles. The minimum absolute atomic E-state index is 0. The van der Waals surface area contributed by atoms with Gasteiger partial charge in [0.25, 0.3) is 0 Å². The first-order chi connectivity index (χ1) is 11.7. The summed E-state index contributed by atoms with van der Waals surface area (Å²) in [5.74, 6) is 2.03. The Morgan fingerprint density at radius 2 is 2.08 bits per heavy atom. The maximum atomic E-state index is 11.8. The number of benzene rings is 1. The van der Waals surface area contributed by atoms with Gasteiger partial charge in [-0.05, 0) is 30.2 Å². The second kappa shape index (κ2) is 11.6. The zero-order valence-electron chi connectivity index (χ0n) is 15.1. The Balaban J connectivity index is 0.00000312. The van der Waals surface area contributed by atoms with Gasteiger partial charge >= 0.3 is 5.97 Å². The molecule has 1 heterocycles. The van der Waals surface area contributed by atoms with Gasteiger partial charge in [-0.3, -0.25) is 9.79 Å². The summed E-state index contributed by atoms with van der Waals surface area (Å²) in [5, 5.41) is 3.41. The molecule has 1 aromatic rings. The molecule has 2 unspecified atom stereocenters. The van der Waals surface area contributed by atoms with E-state index in [4.69, 9.17) is 4.74 Å². The lowest BCUT2D eigenvalue weighted by Crippen LogP contribution is -2.41. The van der Waals surface area contributed by atoms with Gasteiger partial charge in [0.1, 0.15) is 0 Å². The average molecular weight is 477 g/mol. The van der Waals surface area contributed by atoms with Crippen molar-refractivity contribution < 1.29 is 9.53 Å². The Morgan fingerprint density at radius 3 is 2.72 bits per heavy atom. The van der Waals surface area contributed by atoms with E-state index in [2.05, 4.69) is 46.4 Å². The topological polar surface area (TPSA) is 53.9 Å². The Morgan fingerprint density at radius 1 is 1.36 bits per heavy atom. The molecule has 2 rings (SSSR count). The number of esters is 1. The molecule has 1 aromatic carbocycles. The van der Waals surface area contributed by atoms with Gasteiger partial charge in [0.15, 0.2) is 5.96 Å².